The van der Waals surface area contributed by atoms with Crippen LogP contribution in [-0.2, 0) is 6.54 Å². The number of benzene rings is 2. The van der Waals surface area contributed by atoms with Crippen LogP contribution in [0.3, 0.4) is 0 Å². The maximum atomic E-state index is 13.4. The summed E-state index contributed by atoms with van der Waals surface area (Å²) in [7, 11) is 3.13. The fourth-order valence-electron chi connectivity index (χ4n) is 2.60. The standard InChI is InChI=1S/C19H18F2N4O2S.BrH/c1-26-16-4-3-5-17(27-2)14(16)9-23-18(22)25-19-24-15(10-28-19)11-6-12(20)8-13(21)7-11;/h3-8,10H,9H2,1-2H3,(H3,22,23,24,25);1H. The Morgan fingerprint density at radius 2 is 1.72 bits per heavy atom. The topological polar surface area (TPSA) is 79.3 Å². The van der Waals surface area contributed by atoms with Gasteiger partial charge >= 0.3 is 0 Å². The molecule has 0 atom stereocenters. The maximum absolute atomic E-state index is 13.4. The van der Waals surface area contributed by atoms with E-state index in [1.165, 1.54) is 23.5 Å². The first kappa shape index (κ1) is 22.6. The van der Waals surface area contributed by atoms with E-state index in [0.29, 0.717) is 34.4 Å². The number of hydrogen-bond acceptors (Lipinski definition) is 5. The summed E-state index contributed by atoms with van der Waals surface area (Å²) in [5, 5.41) is 15.9. The van der Waals surface area contributed by atoms with Gasteiger partial charge < -0.3 is 20.1 Å². The van der Waals surface area contributed by atoms with Crippen molar-refractivity contribution in [2.45, 2.75) is 6.54 Å². The van der Waals surface area contributed by atoms with E-state index in [4.69, 9.17) is 14.9 Å². The second-order valence-electron chi connectivity index (χ2n) is 5.69. The predicted molar refractivity (Wildman–Crippen MR) is 116 cm³/mol. The zero-order chi connectivity index (χ0) is 20.1. The van der Waals surface area contributed by atoms with Crippen LogP contribution in [-0.4, -0.2) is 25.2 Å². The number of rotatable bonds is 6. The zero-order valence-corrected chi connectivity index (χ0v) is 18.1. The fraction of sp³-hybridized carbons (Fsp3) is 0.158. The summed E-state index contributed by atoms with van der Waals surface area (Å²) in [4.78, 5) is 4.27. The molecular weight excluding hydrogens is 466 g/mol. The third kappa shape index (κ3) is 5.64. The third-order valence-corrected chi connectivity index (χ3v) is 4.62. The second kappa shape index (κ2) is 10.2. The Morgan fingerprint density at radius 3 is 2.31 bits per heavy atom. The maximum Gasteiger partial charge on any atom is 0.195 e. The molecule has 0 aliphatic heterocycles. The van der Waals surface area contributed by atoms with E-state index in [1.54, 1.807) is 19.6 Å². The Hall–Kier alpha value is -2.72. The highest BCUT2D eigenvalue weighted by Gasteiger charge is 2.12. The van der Waals surface area contributed by atoms with Crippen LogP contribution in [0.2, 0.25) is 0 Å². The average molecular weight is 485 g/mol. The molecule has 0 unspecified atom stereocenters. The van der Waals surface area contributed by atoms with E-state index in [-0.39, 0.29) is 22.9 Å². The van der Waals surface area contributed by atoms with Gasteiger partial charge in [0, 0.05) is 17.0 Å². The molecule has 6 nitrogen and oxygen atoms in total. The number of hydrogen-bond donors (Lipinski definition) is 3. The van der Waals surface area contributed by atoms with E-state index >= 15 is 0 Å². The Labute approximate surface area is 181 Å². The van der Waals surface area contributed by atoms with Gasteiger partial charge in [-0.1, -0.05) is 6.07 Å². The SMILES string of the molecule is Br.COc1cccc(OC)c1CNC(=N)Nc1nc(-c2cc(F)cc(F)c2)cs1. The molecule has 2 aromatic carbocycles. The molecule has 0 spiro atoms. The van der Waals surface area contributed by atoms with Gasteiger partial charge in [-0.2, -0.15) is 0 Å². The van der Waals surface area contributed by atoms with E-state index in [0.717, 1.165) is 11.6 Å². The Bertz CT molecular complexity index is 958. The van der Waals surface area contributed by atoms with Gasteiger partial charge in [0.1, 0.15) is 23.1 Å². The van der Waals surface area contributed by atoms with E-state index in [2.05, 4.69) is 15.6 Å². The molecule has 0 saturated heterocycles. The van der Waals surface area contributed by atoms with Gasteiger partial charge in [-0.15, -0.1) is 28.3 Å². The van der Waals surface area contributed by atoms with Crippen LogP contribution in [0.25, 0.3) is 11.3 Å². The number of thiazole rings is 1. The van der Waals surface area contributed by atoms with Gasteiger partial charge in [-0.25, -0.2) is 13.8 Å². The van der Waals surface area contributed by atoms with Crippen molar-refractivity contribution >= 4 is 39.4 Å². The van der Waals surface area contributed by atoms with Crippen LogP contribution in [0.4, 0.5) is 13.9 Å². The van der Waals surface area contributed by atoms with Crippen molar-refractivity contribution in [3.8, 4) is 22.8 Å². The lowest BCUT2D eigenvalue weighted by Gasteiger charge is -2.14. The molecule has 0 amide bonds. The first-order chi connectivity index (χ1) is 13.5. The number of aromatic nitrogens is 1. The minimum atomic E-state index is -0.669. The van der Waals surface area contributed by atoms with Crippen LogP contribution in [0.5, 0.6) is 11.5 Å². The van der Waals surface area contributed by atoms with Crippen molar-refractivity contribution in [1.29, 1.82) is 5.41 Å². The van der Waals surface area contributed by atoms with Gasteiger partial charge in [0.05, 0.1) is 32.0 Å². The Balaban J connectivity index is 0.00000300. The number of halogens is 3. The van der Waals surface area contributed by atoms with Crippen molar-refractivity contribution in [1.82, 2.24) is 10.3 Å². The summed E-state index contributed by atoms with van der Waals surface area (Å²) in [6.07, 6.45) is 0. The van der Waals surface area contributed by atoms with Crippen LogP contribution in [0, 0.1) is 17.0 Å². The molecule has 0 aliphatic rings. The summed E-state index contributed by atoms with van der Waals surface area (Å²) in [6.45, 7) is 0.298. The van der Waals surface area contributed by atoms with Crippen molar-refractivity contribution < 1.29 is 18.3 Å². The van der Waals surface area contributed by atoms with E-state index in [9.17, 15) is 8.78 Å². The average Bonchev–Trinajstić information content (AvgIpc) is 3.13. The lowest BCUT2D eigenvalue weighted by molar-refractivity contribution is 0.384. The van der Waals surface area contributed by atoms with Gasteiger partial charge in [-0.05, 0) is 24.3 Å². The first-order valence-electron chi connectivity index (χ1n) is 8.21. The van der Waals surface area contributed by atoms with Gasteiger partial charge in [0.2, 0.25) is 0 Å². The molecule has 1 aromatic heterocycles. The molecule has 154 valence electrons. The van der Waals surface area contributed by atoms with Crippen LogP contribution >= 0.6 is 28.3 Å². The van der Waals surface area contributed by atoms with Gasteiger partial charge in [-0.3, -0.25) is 5.41 Å². The third-order valence-electron chi connectivity index (χ3n) is 3.87. The van der Waals surface area contributed by atoms with Gasteiger partial charge in [0.15, 0.2) is 11.1 Å². The van der Waals surface area contributed by atoms with E-state index in [1.807, 2.05) is 18.2 Å². The van der Waals surface area contributed by atoms with Crippen molar-refractivity contribution in [2.75, 3.05) is 19.5 Å². The zero-order valence-electron chi connectivity index (χ0n) is 15.6. The van der Waals surface area contributed by atoms with Gasteiger partial charge in [0.25, 0.3) is 0 Å². The molecule has 1 heterocycles. The predicted octanol–water partition coefficient (Wildman–Crippen LogP) is 4.82. The summed E-state index contributed by atoms with van der Waals surface area (Å²) >= 11 is 1.22. The minimum absolute atomic E-state index is 0. The Kier molecular flexibility index (Phi) is 7.91. The molecule has 3 aromatic rings. The minimum Gasteiger partial charge on any atom is -0.496 e. The summed E-state index contributed by atoms with van der Waals surface area (Å²) in [5.41, 5.74) is 1.53. The largest absolute Gasteiger partial charge is 0.496 e. The molecule has 10 heteroatoms. The molecule has 0 saturated carbocycles. The Morgan fingerprint density at radius 1 is 1.10 bits per heavy atom. The molecule has 3 rings (SSSR count). The van der Waals surface area contributed by atoms with Crippen molar-refractivity contribution in [3.63, 3.8) is 0 Å². The highest BCUT2D eigenvalue weighted by atomic mass is 79.9. The van der Waals surface area contributed by atoms with E-state index < -0.39 is 11.6 Å². The molecule has 0 radical (unpaired) electrons. The summed E-state index contributed by atoms with van der Waals surface area (Å²) < 4.78 is 37.4. The molecule has 0 bridgehead atoms. The molecule has 3 N–H and O–H groups in total. The number of nitrogens with one attached hydrogen (secondary N) is 3. The molecule has 0 aliphatic carbocycles. The highest BCUT2D eigenvalue weighted by Crippen LogP contribution is 2.28. The summed E-state index contributed by atoms with van der Waals surface area (Å²) in [6, 6.07) is 8.65. The molecule has 29 heavy (non-hydrogen) atoms. The quantitative estimate of drug-likeness (QED) is 0.345. The molecular formula is C19H19BrF2N4O2S. The highest BCUT2D eigenvalue weighted by molar-refractivity contribution is 8.93. The van der Waals surface area contributed by atoms with Crippen LogP contribution in [0.1, 0.15) is 5.56 Å². The van der Waals surface area contributed by atoms with Crippen molar-refractivity contribution in [3.05, 3.63) is 59.0 Å². The summed E-state index contributed by atoms with van der Waals surface area (Å²) in [5.74, 6) is -0.0386. The van der Waals surface area contributed by atoms with Crippen molar-refractivity contribution in [2.24, 2.45) is 0 Å². The first-order valence-corrected chi connectivity index (χ1v) is 9.09. The van der Waals surface area contributed by atoms with Crippen LogP contribution < -0.4 is 20.1 Å². The lowest BCUT2D eigenvalue weighted by Crippen LogP contribution is -2.29. The smallest absolute Gasteiger partial charge is 0.195 e. The van der Waals surface area contributed by atoms with Crippen LogP contribution in [0.15, 0.2) is 41.8 Å². The number of ether oxygens (including phenoxy) is 2. The lowest BCUT2D eigenvalue weighted by atomic mass is 10.1. The second-order valence-corrected chi connectivity index (χ2v) is 6.55. The number of anilines is 1. The molecule has 0 fully saturated rings. The fourth-order valence-corrected chi connectivity index (χ4v) is 3.32. The normalized spacial score (nSPS) is 10.1. The number of methoxy groups -OCH3 is 2. The monoisotopic (exact) mass is 484 g/mol. The number of nitrogens with zero attached hydrogens (tertiary/aromatic N) is 1. The number of guanidine groups is 1.